The molecular formula is C44H38BrCl4FN6O9. The summed E-state index contributed by atoms with van der Waals surface area (Å²) >= 11 is 26.9. The molecule has 340 valence electrons. The summed E-state index contributed by atoms with van der Waals surface area (Å²) in [6.45, 7) is 3.28. The number of carboxylic acid groups (broad SMARTS) is 1. The van der Waals surface area contributed by atoms with E-state index in [1.54, 1.807) is 62.4 Å². The molecule has 0 aliphatic carbocycles. The van der Waals surface area contributed by atoms with Gasteiger partial charge in [-0.3, -0.25) is 4.79 Å². The fourth-order valence-corrected chi connectivity index (χ4v) is 6.37. The van der Waals surface area contributed by atoms with Crippen LogP contribution in [0.5, 0.6) is 28.7 Å². The van der Waals surface area contributed by atoms with Crippen LogP contribution in [0.1, 0.15) is 17.5 Å². The van der Waals surface area contributed by atoms with E-state index in [0.29, 0.717) is 42.8 Å². The molecule has 0 aromatic heterocycles. The number of ether oxygens (including phenoxy) is 1. The number of amides is 6. The van der Waals surface area contributed by atoms with Crippen LogP contribution in [0.15, 0.2) is 114 Å². The molecule has 0 saturated carbocycles. The molecule has 21 heteroatoms. The lowest BCUT2D eigenvalue weighted by atomic mass is 10.2. The zero-order chi connectivity index (χ0) is 47.8. The van der Waals surface area contributed by atoms with Gasteiger partial charge in [0.1, 0.15) is 11.5 Å². The van der Waals surface area contributed by atoms with Crippen LogP contribution in [0.4, 0.5) is 47.2 Å². The molecule has 0 saturated heterocycles. The molecule has 6 aromatic carbocycles. The van der Waals surface area contributed by atoms with Gasteiger partial charge in [-0.05, 0) is 97.8 Å². The predicted molar refractivity (Wildman–Crippen MR) is 255 cm³/mol. The number of anilines is 5. The van der Waals surface area contributed by atoms with Crippen molar-refractivity contribution in [2.75, 3.05) is 33.1 Å². The van der Waals surface area contributed by atoms with Crippen molar-refractivity contribution >= 4 is 115 Å². The van der Waals surface area contributed by atoms with E-state index in [9.17, 15) is 38.9 Å². The van der Waals surface area contributed by atoms with Crippen LogP contribution in [0.2, 0.25) is 20.1 Å². The molecule has 0 fully saturated rings. The monoisotopic (exact) mass is 1030 g/mol. The van der Waals surface area contributed by atoms with Crippen molar-refractivity contribution in [3.63, 3.8) is 0 Å². The molecule has 6 aromatic rings. The van der Waals surface area contributed by atoms with Crippen molar-refractivity contribution in [1.82, 2.24) is 5.32 Å². The van der Waals surface area contributed by atoms with Gasteiger partial charge in [-0.15, -0.1) is 0 Å². The van der Waals surface area contributed by atoms with Gasteiger partial charge in [0.15, 0.2) is 23.1 Å². The predicted octanol–water partition coefficient (Wildman–Crippen LogP) is 13.0. The minimum atomic E-state index is -1.05. The highest BCUT2D eigenvalue weighted by Gasteiger charge is 2.17. The van der Waals surface area contributed by atoms with Gasteiger partial charge in [0.05, 0.1) is 33.5 Å². The Bertz CT molecular complexity index is 2650. The molecule has 6 rings (SSSR count). The molecule has 0 unspecified atom stereocenters. The number of carbonyl (C=O) groups excluding carboxylic acids is 3. The molecule has 15 nitrogen and oxygen atoms in total. The number of halogens is 6. The quantitative estimate of drug-likeness (QED) is 0.0588. The van der Waals surface area contributed by atoms with Gasteiger partial charge in [-0.1, -0.05) is 98.7 Å². The molecule has 0 aliphatic heterocycles. The number of rotatable bonds is 10. The summed E-state index contributed by atoms with van der Waals surface area (Å²) in [4.78, 5) is 45.5. The Kier molecular flexibility index (Phi) is 19.2. The SMILES string of the molecule is Cc1c(Cl)cc(NC(=O)Nc2ccc(Oc3ccccc3)cc2)c(O)c1Cl.Cc1c(Cl)cc(NC(=O)Nc2ccccc2)c(O)c1Cl.O=C(O)CCNC(=O)Nc1cc(Br)cc(F)c1O. The fraction of sp³-hybridized carbons (Fsp3) is 0.0909. The first-order chi connectivity index (χ1) is 30.8. The van der Waals surface area contributed by atoms with Crippen molar-refractivity contribution in [2.24, 2.45) is 0 Å². The summed E-state index contributed by atoms with van der Waals surface area (Å²) in [7, 11) is 0. The zero-order valence-corrected chi connectivity index (χ0v) is 38.5. The smallest absolute Gasteiger partial charge is 0.323 e. The molecule has 0 spiro atoms. The van der Waals surface area contributed by atoms with E-state index in [1.807, 2.05) is 36.4 Å². The lowest BCUT2D eigenvalue weighted by Crippen LogP contribution is -2.30. The van der Waals surface area contributed by atoms with Gasteiger partial charge in [-0.2, -0.15) is 0 Å². The fourth-order valence-electron chi connectivity index (χ4n) is 5.03. The number of carbonyl (C=O) groups is 4. The summed E-state index contributed by atoms with van der Waals surface area (Å²) in [5.41, 5.74) is 2.44. The molecule has 0 radical (unpaired) electrons. The van der Waals surface area contributed by atoms with Crippen molar-refractivity contribution in [3.8, 4) is 28.7 Å². The van der Waals surface area contributed by atoms with Gasteiger partial charge in [0, 0.05) is 32.4 Å². The summed E-state index contributed by atoms with van der Waals surface area (Å²) in [6.07, 6.45) is -0.230. The Balaban J connectivity index is 0.000000219. The second kappa shape index (κ2) is 24.4. The van der Waals surface area contributed by atoms with Crippen LogP contribution < -0.4 is 36.6 Å². The lowest BCUT2D eigenvalue weighted by molar-refractivity contribution is -0.136. The number of hydrogen-bond donors (Lipinski definition) is 10. The Morgan fingerprint density at radius 3 is 1.51 bits per heavy atom. The largest absolute Gasteiger partial charge is 0.504 e. The number of urea groups is 3. The topological polar surface area (TPSA) is 231 Å². The van der Waals surface area contributed by atoms with Crippen LogP contribution >= 0.6 is 62.3 Å². The number of nitrogens with one attached hydrogen (secondary N) is 6. The molecule has 0 bridgehead atoms. The van der Waals surface area contributed by atoms with Gasteiger partial charge in [-0.25, -0.2) is 18.8 Å². The molecule has 0 atom stereocenters. The van der Waals surface area contributed by atoms with Crippen LogP contribution in [-0.2, 0) is 4.79 Å². The minimum Gasteiger partial charge on any atom is -0.504 e. The van der Waals surface area contributed by atoms with E-state index >= 15 is 0 Å². The van der Waals surface area contributed by atoms with Crippen molar-refractivity contribution in [3.05, 3.63) is 151 Å². The molecule has 65 heavy (non-hydrogen) atoms. The maximum Gasteiger partial charge on any atom is 0.323 e. The Hall–Kier alpha value is -6.63. The number of aliphatic carboxylic acids is 1. The maximum absolute atomic E-state index is 13.1. The number of aromatic hydroxyl groups is 3. The van der Waals surface area contributed by atoms with Gasteiger partial charge in [0.25, 0.3) is 0 Å². The third-order valence-electron chi connectivity index (χ3n) is 8.36. The average Bonchev–Trinajstić information content (AvgIpc) is 3.26. The second-order valence-corrected chi connectivity index (χ2v) is 15.6. The summed E-state index contributed by atoms with van der Waals surface area (Å²) in [5, 5.41) is 53.3. The van der Waals surface area contributed by atoms with Crippen molar-refractivity contribution in [1.29, 1.82) is 0 Å². The average molecular weight is 1040 g/mol. The van der Waals surface area contributed by atoms with E-state index in [2.05, 4.69) is 47.8 Å². The van der Waals surface area contributed by atoms with E-state index in [0.717, 1.165) is 11.8 Å². The van der Waals surface area contributed by atoms with E-state index < -0.39 is 35.6 Å². The molecule has 0 aliphatic rings. The van der Waals surface area contributed by atoms with E-state index in [-0.39, 0.29) is 51.6 Å². The Morgan fingerprint density at radius 1 is 0.585 bits per heavy atom. The van der Waals surface area contributed by atoms with E-state index in [4.69, 9.17) is 56.2 Å². The minimum absolute atomic E-state index is 0.0710. The third kappa shape index (κ3) is 15.8. The van der Waals surface area contributed by atoms with Crippen LogP contribution in [-0.4, -0.2) is 51.0 Å². The van der Waals surface area contributed by atoms with Crippen LogP contribution in [0, 0.1) is 19.7 Å². The number of phenolic OH excluding ortho intramolecular Hbond substituents is 3. The zero-order valence-electron chi connectivity index (χ0n) is 33.9. The first kappa shape index (κ1) is 51.0. The highest BCUT2D eigenvalue weighted by Crippen LogP contribution is 2.40. The lowest BCUT2D eigenvalue weighted by Gasteiger charge is -2.12. The molecule has 10 N–H and O–H groups in total. The van der Waals surface area contributed by atoms with Gasteiger partial charge in [0.2, 0.25) is 0 Å². The van der Waals surface area contributed by atoms with Crippen LogP contribution in [0.25, 0.3) is 0 Å². The number of carboxylic acids is 1. The molecular weight excluding hydrogens is 997 g/mol. The standard InChI is InChI=1S/C20H16Cl2N2O3.C14H12Cl2N2O2.C10H10BrFN2O4/c1-12-16(21)11-17(19(25)18(12)22)24-20(26)23-13-7-9-15(10-8-13)27-14-5-3-2-4-6-14;1-8-10(15)7-11(13(19)12(8)16)18-14(20)17-9-5-3-2-4-6-9;11-5-3-6(12)9(17)7(4-5)14-10(18)13-2-1-8(15)16/h2-11,25H,1H3,(H2,23,24,26);2-7,19H,1H3,(H2,17,18,20);3-4,17H,1-2H2,(H,15,16)(H2,13,14,18). The van der Waals surface area contributed by atoms with Crippen LogP contribution in [0.3, 0.4) is 0 Å². The first-order valence-electron chi connectivity index (χ1n) is 18.7. The highest BCUT2D eigenvalue weighted by molar-refractivity contribution is 9.10. The summed E-state index contributed by atoms with van der Waals surface area (Å²) in [6, 6.07) is 28.6. The number of benzene rings is 6. The van der Waals surface area contributed by atoms with Crippen molar-refractivity contribution in [2.45, 2.75) is 20.3 Å². The third-order valence-corrected chi connectivity index (χ3v) is 10.5. The normalized spacial score (nSPS) is 10.2. The Labute approximate surface area is 399 Å². The van der Waals surface area contributed by atoms with Gasteiger partial charge < -0.3 is 57.1 Å². The first-order valence-corrected chi connectivity index (χ1v) is 21.0. The summed E-state index contributed by atoms with van der Waals surface area (Å²) < 4.78 is 19.2. The highest BCUT2D eigenvalue weighted by atomic mass is 79.9. The number of phenols is 3. The molecule has 6 amide bonds. The Morgan fingerprint density at radius 2 is 1.02 bits per heavy atom. The number of para-hydroxylation sites is 2. The molecule has 0 heterocycles. The second-order valence-electron chi connectivity index (χ2n) is 13.2. The maximum atomic E-state index is 13.1. The van der Waals surface area contributed by atoms with Gasteiger partial charge >= 0.3 is 24.1 Å². The number of hydrogen-bond acceptors (Lipinski definition) is 8. The van der Waals surface area contributed by atoms with Crippen molar-refractivity contribution < 1.29 is 48.7 Å². The van der Waals surface area contributed by atoms with E-state index in [1.165, 1.54) is 18.2 Å². The summed E-state index contributed by atoms with van der Waals surface area (Å²) in [5.74, 6) is -1.71.